The summed E-state index contributed by atoms with van der Waals surface area (Å²) < 4.78 is 13.0. The minimum absolute atomic E-state index is 0.187. The molecular weight excluding hydrogens is 237 g/mol. The van der Waals surface area contributed by atoms with Gasteiger partial charge in [0.1, 0.15) is 5.82 Å². The predicted molar refractivity (Wildman–Crippen MR) is 70.0 cm³/mol. The molecule has 0 saturated carbocycles. The van der Waals surface area contributed by atoms with Crippen LogP contribution in [0.1, 0.15) is 31.1 Å². The van der Waals surface area contributed by atoms with Crippen LogP contribution in [0.4, 0.5) is 4.39 Å². The van der Waals surface area contributed by atoms with Crippen LogP contribution in [0.3, 0.4) is 0 Å². The van der Waals surface area contributed by atoms with Gasteiger partial charge in [-0.2, -0.15) is 0 Å². The van der Waals surface area contributed by atoms with E-state index < -0.39 is 5.82 Å². The van der Waals surface area contributed by atoms with Crippen LogP contribution in [0.15, 0.2) is 23.1 Å². The quantitative estimate of drug-likeness (QED) is 0.795. The molecule has 0 aliphatic rings. The van der Waals surface area contributed by atoms with Crippen molar-refractivity contribution in [1.29, 1.82) is 0 Å². The van der Waals surface area contributed by atoms with Crippen molar-refractivity contribution in [3.63, 3.8) is 0 Å². The molecule has 1 atom stereocenters. The second-order valence-electron chi connectivity index (χ2n) is 4.60. The lowest BCUT2D eigenvalue weighted by Gasteiger charge is -2.16. The third kappa shape index (κ3) is 4.04. The summed E-state index contributed by atoms with van der Waals surface area (Å²) in [6.07, 6.45) is 0. The van der Waals surface area contributed by atoms with E-state index in [1.807, 2.05) is 0 Å². The van der Waals surface area contributed by atoms with Gasteiger partial charge in [-0.25, -0.2) is 4.39 Å². The highest BCUT2D eigenvalue weighted by Crippen LogP contribution is 2.14. The summed E-state index contributed by atoms with van der Waals surface area (Å²) in [7, 11) is 0. The molecule has 0 radical (unpaired) electrons. The number of thiol groups is 1. The number of halogens is 1. The Morgan fingerprint density at radius 3 is 2.59 bits per heavy atom. The number of amides is 1. The van der Waals surface area contributed by atoms with E-state index in [0.717, 1.165) is 0 Å². The number of hydrogen-bond donors (Lipinski definition) is 2. The first-order valence-corrected chi connectivity index (χ1v) is 6.13. The van der Waals surface area contributed by atoms with Crippen LogP contribution in [0.5, 0.6) is 0 Å². The molecule has 2 nitrogen and oxygen atoms in total. The van der Waals surface area contributed by atoms with Gasteiger partial charge in [0.15, 0.2) is 0 Å². The third-order valence-corrected chi connectivity index (χ3v) is 3.27. The van der Waals surface area contributed by atoms with Crippen molar-refractivity contribution in [2.75, 3.05) is 6.54 Å². The van der Waals surface area contributed by atoms with Gasteiger partial charge in [0.2, 0.25) is 0 Å². The van der Waals surface area contributed by atoms with E-state index in [0.29, 0.717) is 23.9 Å². The van der Waals surface area contributed by atoms with Crippen molar-refractivity contribution in [2.24, 2.45) is 11.8 Å². The average molecular weight is 255 g/mol. The van der Waals surface area contributed by atoms with E-state index in [4.69, 9.17) is 0 Å². The number of carbonyl (C=O) groups is 1. The monoisotopic (exact) mass is 255 g/mol. The maximum atomic E-state index is 13.0. The van der Waals surface area contributed by atoms with Gasteiger partial charge in [-0.3, -0.25) is 4.79 Å². The van der Waals surface area contributed by atoms with E-state index in [1.54, 1.807) is 0 Å². The Morgan fingerprint density at radius 2 is 2.06 bits per heavy atom. The molecule has 4 heteroatoms. The van der Waals surface area contributed by atoms with Crippen LogP contribution < -0.4 is 5.32 Å². The van der Waals surface area contributed by atoms with E-state index in [1.165, 1.54) is 18.2 Å². The van der Waals surface area contributed by atoms with Crippen LogP contribution in [0.25, 0.3) is 0 Å². The first-order chi connectivity index (χ1) is 7.91. The summed E-state index contributed by atoms with van der Waals surface area (Å²) in [6, 6.07) is 4.15. The molecule has 1 rings (SSSR count). The lowest BCUT2D eigenvalue weighted by molar-refractivity contribution is 0.0944. The van der Waals surface area contributed by atoms with E-state index in [2.05, 4.69) is 38.7 Å². The maximum Gasteiger partial charge on any atom is 0.251 e. The second-order valence-corrected chi connectivity index (χ2v) is 5.08. The zero-order valence-electron chi connectivity index (χ0n) is 10.3. The summed E-state index contributed by atoms with van der Waals surface area (Å²) in [5.74, 6) is 0.326. The fraction of sp³-hybridized carbons (Fsp3) is 0.462. The summed E-state index contributed by atoms with van der Waals surface area (Å²) in [6.45, 7) is 6.93. The second kappa shape index (κ2) is 6.05. The minimum Gasteiger partial charge on any atom is -0.352 e. The Labute approximate surface area is 107 Å². The Morgan fingerprint density at radius 1 is 1.41 bits per heavy atom. The molecule has 1 aromatic carbocycles. The van der Waals surface area contributed by atoms with E-state index >= 15 is 0 Å². The Hall–Kier alpha value is -1.03. The number of nitrogens with one attached hydrogen (secondary N) is 1. The number of hydrogen-bond acceptors (Lipinski definition) is 2. The molecule has 0 aromatic heterocycles. The smallest absolute Gasteiger partial charge is 0.251 e. The fourth-order valence-electron chi connectivity index (χ4n) is 1.25. The largest absolute Gasteiger partial charge is 0.352 e. The van der Waals surface area contributed by atoms with Gasteiger partial charge >= 0.3 is 0 Å². The molecule has 1 amide bonds. The lowest BCUT2D eigenvalue weighted by atomic mass is 9.98. The van der Waals surface area contributed by atoms with E-state index in [-0.39, 0.29) is 10.8 Å². The average Bonchev–Trinajstić information content (AvgIpc) is 2.28. The Balaban J connectivity index is 2.61. The highest BCUT2D eigenvalue weighted by atomic mass is 32.1. The zero-order valence-corrected chi connectivity index (χ0v) is 11.2. The predicted octanol–water partition coefficient (Wildman–Crippen LogP) is 3.14. The number of rotatable bonds is 4. The van der Waals surface area contributed by atoms with Crippen molar-refractivity contribution >= 4 is 18.5 Å². The van der Waals surface area contributed by atoms with Gasteiger partial charge in [0.05, 0.1) is 0 Å². The molecule has 0 saturated heterocycles. The normalized spacial score (nSPS) is 12.6. The van der Waals surface area contributed by atoms with Crippen LogP contribution >= 0.6 is 12.6 Å². The summed E-state index contributed by atoms with van der Waals surface area (Å²) >= 11 is 3.95. The highest BCUT2D eigenvalue weighted by molar-refractivity contribution is 7.80. The van der Waals surface area contributed by atoms with Gasteiger partial charge in [0, 0.05) is 17.0 Å². The topological polar surface area (TPSA) is 29.1 Å². The van der Waals surface area contributed by atoms with Crippen molar-refractivity contribution in [1.82, 2.24) is 5.32 Å². The molecule has 1 unspecified atom stereocenters. The van der Waals surface area contributed by atoms with Gasteiger partial charge in [-0.15, -0.1) is 12.6 Å². The summed E-state index contributed by atoms with van der Waals surface area (Å²) in [4.78, 5) is 12.0. The fourth-order valence-corrected chi connectivity index (χ4v) is 1.46. The zero-order chi connectivity index (χ0) is 13.0. The molecule has 17 heavy (non-hydrogen) atoms. The standard InChI is InChI=1S/C13H18FNOS/c1-8(2)9(3)7-15-13(16)10-4-5-11(14)12(17)6-10/h4-6,8-9,17H,7H2,1-3H3,(H,15,16). The van der Waals surface area contributed by atoms with Gasteiger partial charge in [0.25, 0.3) is 5.91 Å². The van der Waals surface area contributed by atoms with E-state index in [9.17, 15) is 9.18 Å². The molecule has 94 valence electrons. The van der Waals surface area contributed by atoms with Crippen LogP contribution in [-0.2, 0) is 0 Å². The van der Waals surface area contributed by atoms with Gasteiger partial charge in [-0.05, 0) is 30.0 Å². The molecule has 1 aromatic rings. The summed E-state index contributed by atoms with van der Waals surface area (Å²) in [5, 5.41) is 2.83. The third-order valence-electron chi connectivity index (χ3n) is 2.93. The summed E-state index contributed by atoms with van der Waals surface area (Å²) in [5.41, 5.74) is 0.437. The molecular formula is C13H18FNOS. The van der Waals surface area contributed by atoms with Crippen molar-refractivity contribution in [3.05, 3.63) is 29.6 Å². The minimum atomic E-state index is -0.416. The molecule has 0 fully saturated rings. The molecule has 0 bridgehead atoms. The Kier molecular flexibility index (Phi) is 5.00. The van der Waals surface area contributed by atoms with Crippen molar-refractivity contribution in [2.45, 2.75) is 25.7 Å². The van der Waals surface area contributed by atoms with Crippen LogP contribution in [0, 0.1) is 17.7 Å². The highest BCUT2D eigenvalue weighted by Gasteiger charge is 2.11. The van der Waals surface area contributed by atoms with Crippen LogP contribution in [0.2, 0.25) is 0 Å². The number of benzene rings is 1. The molecule has 0 heterocycles. The SMILES string of the molecule is CC(C)C(C)CNC(=O)c1ccc(F)c(S)c1. The van der Waals surface area contributed by atoms with Crippen LogP contribution in [-0.4, -0.2) is 12.5 Å². The van der Waals surface area contributed by atoms with Gasteiger partial charge in [-0.1, -0.05) is 20.8 Å². The first kappa shape index (κ1) is 14.0. The lowest BCUT2D eigenvalue weighted by Crippen LogP contribution is -2.30. The van der Waals surface area contributed by atoms with Crippen molar-refractivity contribution in [3.8, 4) is 0 Å². The van der Waals surface area contributed by atoms with Gasteiger partial charge < -0.3 is 5.32 Å². The maximum absolute atomic E-state index is 13.0. The molecule has 0 aliphatic carbocycles. The molecule has 0 aliphatic heterocycles. The molecule has 0 spiro atoms. The number of carbonyl (C=O) groups excluding carboxylic acids is 1. The Bertz CT molecular complexity index is 406. The first-order valence-electron chi connectivity index (χ1n) is 5.68. The van der Waals surface area contributed by atoms with Crippen molar-refractivity contribution < 1.29 is 9.18 Å². The molecule has 1 N–H and O–H groups in total.